The molecule has 2 heterocycles. The van der Waals surface area contributed by atoms with Crippen LogP contribution in [-0.2, 0) is 6.54 Å². The number of aromatic nitrogens is 3. The fraction of sp³-hybridized carbons (Fsp3) is 0.250. The average molecular weight is 462 g/mol. The van der Waals surface area contributed by atoms with Gasteiger partial charge in [0.1, 0.15) is 13.7 Å². The summed E-state index contributed by atoms with van der Waals surface area (Å²) in [5, 5.41) is 8.54. The molecule has 0 atom stereocenters. The van der Waals surface area contributed by atoms with Gasteiger partial charge in [0.05, 0.1) is 5.69 Å². The van der Waals surface area contributed by atoms with Crippen LogP contribution in [0.15, 0.2) is 65.7 Å². The molecule has 4 rings (SSSR count). The number of halogens is 1. The maximum Gasteiger partial charge on any atom is 0.150 e. The zero-order chi connectivity index (χ0) is 22.5. The van der Waals surface area contributed by atoms with E-state index in [9.17, 15) is 0 Å². The monoisotopic (exact) mass is 461 g/mol. The van der Waals surface area contributed by atoms with Gasteiger partial charge >= 0.3 is 0 Å². The third-order valence-electron chi connectivity index (χ3n) is 5.30. The van der Waals surface area contributed by atoms with Crippen LogP contribution in [0.25, 0.3) is 16.9 Å². The number of fused-ring (bicyclic) bond motifs is 1. The van der Waals surface area contributed by atoms with Crippen molar-refractivity contribution in [2.45, 2.75) is 17.9 Å². The summed E-state index contributed by atoms with van der Waals surface area (Å²) in [5.41, 5.74) is 4.16. The van der Waals surface area contributed by atoms with E-state index in [2.05, 4.69) is 57.9 Å². The van der Waals surface area contributed by atoms with Gasteiger partial charge in [-0.1, -0.05) is 48.0 Å². The molecular formula is C24H25BClN5S. The lowest BCUT2D eigenvalue weighted by Gasteiger charge is -2.19. The molecular weight excluding hydrogens is 437 g/mol. The van der Waals surface area contributed by atoms with E-state index in [1.54, 1.807) is 22.5 Å². The molecule has 0 aliphatic carbocycles. The Hall–Kier alpha value is -2.48. The predicted octanol–water partition coefficient (Wildman–Crippen LogP) is 4.50. The first-order chi connectivity index (χ1) is 15.6. The highest BCUT2D eigenvalue weighted by molar-refractivity contribution is 7.98. The Morgan fingerprint density at radius 1 is 1.16 bits per heavy atom. The number of hydrogen-bond donors (Lipinski definition) is 1. The molecule has 5 nitrogen and oxygen atoms in total. The van der Waals surface area contributed by atoms with Crippen LogP contribution in [0.5, 0.6) is 0 Å². The number of benzene rings is 2. The highest BCUT2D eigenvalue weighted by atomic mass is 35.5. The number of nitrogens with one attached hydrogen (secondary N) is 1. The van der Waals surface area contributed by atoms with Gasteiger partial charge in [-0.05, 0) is 49.4 Å². The fourth-order valence-electron chi connectivity index (χ4n) is 3.68. The SMILES string of the molecule is [B]c1cnn2c(NCCCN(C)Cc3ccccc3SC)cc(-c3ccccc3Cl)nc12. The molecule has 2 radical (unpaired) electrons. The summed E-state index contributed by atoms with van der Waals surface area (Å²) in [5.74, 6) is 0.844. The summed E-state index contributed by atoms with van der Waals surface area (Å²) in [6.07, 6.45) is 4.73. The molecule has 4 aromatic rings. The molecule has 0 saturated carbocycles. The molecule has 0 bridgehead atoms. The maximum absolute atomic E-state index is 6.40. The second kappa shape index (κ2) is 10.4. The molecule has 2 aromatic carbocycles. The van der Waals surface area contributed by atoms with E-state index in [1.165, 1.54) is 10.5 Å². The largest absolute Gasteiger partial charge is 0.370 e. The molecule has 0 aliphatic rings. The number of thioether (sulfide) groups is 1. The zero-order valence-electron chi connectivity index (χ0n) is 18.3. The lowest BCUT2D eigenvalue weighted by atomic mass is 10.0. The smallest absolute Gasteiger partial charge is 0.150 e. The molecule has 0 amide bonds. The summed E-state index contributed by atoms with van der Waals surface area (Å²) in [6, 6.07) is 18.2. The van der Waals surface area contributed by atoms with Crippen molar-refractivity contribution in [1.82, 2.24) is 19.5 Å². The van der Waals surface area contributed by atoms with Gasteiger partial charge in [-0.25, -0.2) is 4.98 Å². The summed E-state index contributed by atoms with van der Waals surface area (Å²) < 4.78 is 1.74. The molecule has 162 valence electrons. The third-order valence-corrected chi connectivity index (χ3v) is 6.47. The summed E-state index contributed by atoms with van der Waals surface area (Å²) in [7, 11) is 8.26. The second-order valence-corrected chi connectivity index (χ2v) is 8.93. The van der Waals surface area contributed by atoms with Crippen LogP contribution in [0.1, 0.15) is 12.0 Å². The van der Waals surface area contributed by atoms with E-state index in [0.29, 0.717) is 16.1 Å². The summed E-state index contributed by atoms with van der Waals surface area (Å²) in [4.78, 5) is 8.37. The quantitative estimate of drug-likeness (QED) is 0.226. The first kappa shape index (κ1) is 22.7. The summed E-state index contributed by atoms with van der Waals surface area (Å²) >= 11 is 8.20. The first-order valence-corrected chi connectivity index (χ1v) is 12.1. The van der Waals surface area contributed by atoms with Crippen molar-refractivity contribution in [2.75, 3.05) is 31.7 Å². The van der Waals surface area contributed by atoms with Crippen LogP contribution in [-0.4, -0.2) is 53.7 Å². The lowest BCUT2D eigenvalue weighted by molar-refractivity contribution is 0.323. The highest BCUT2D eigenvalue weighted by Crippen LogP contribution is 2.28. The molecule has 8 heteroatoms. The average Bonchev–Trinajstić information content (AvgIpc) is 3.18. The third kappa shape index (κ3) is 5.12. The van der Waals surface area contributed by atoms with Gasteiger partial charge in [0, 0.05) is 40.8 Å². The maximum atomic E-state index is 6.40. The zero-order valence-corrected chi connectivity index (χ0v) is 19.8. The predicted molar refractivity (Wildman–Crippen MR) is 136 cm³/mol. The van der Waals surface area contributed by atoms with Gasteiger partial charge in [0.15, 0.2) is 5.65 Å². The lowest BCUT2D eigenvalue weighted by Crippen LogP contribution is -2.22. The van der Waals surface area contributed by atoms with Crippen LogP contribution in [0.2, 0.25) is 5.02 Å². The normalized spacial score (nSPS) is 11.4. The second-order valence-electron chi connectivity index (χ2n) is 7.67. The van der Waals surface area contributed by atoms with Crippen molar-refractivity contribution in [3.63, 3.8) is 0 Å². The molecule has 2 aromatic heterocycles. The Labute approximate surface area is 199 Å². The van der Waals surface area contributed by atoms with Gasteiger partial charge in [-0.3, -0.25) is 0 Å². The number of nitrogens with zero attached hydrogens (tertiary/aromatic N) is 4. The minimum atomic E-state index is 0.536. The van der Waals surface area contributed by atoms with E-state index in [4.69, 9.17) is 19.4 Å². The minimum absolute atomic E-state index is 0.536. The number of hydrogen-bond acceptors (Lipinski definition) is 5. The molecule has 0 aliphatic heterocycles. The molecule has 0 fully saturated rings. The highest BCUT2D eigenvalue weighted by Gasteiger charge is 2.12. The Morgan fingerprint density at radius 2 is 1.94 bits per heavy atom. The Bertz CT molecular complexity index is 1210. The van der Waals surface area contributed by atoms with Crippen LogP contribution >= 0.6 is 23.4 Å². The van der Waals surface area contributed by atoms with Crippen LogP contribution in [0, 0.1) is 0 Å². The van der Waals surface area contributed by atoms with Gasteiger partial charge < -0.3 is 10.2 Å². The van der Waals surface area contributed by atoms with E-state index >= 15 is 0 Å². The van der Waals surface area contributed by atoms with Gasteiger partial charge in [-0.2, -0.15) is 9.61 Å². The van der Waals surface area contributed by atoms with Crippen LogP contribution in [0.3, 0.4) is 0 Å². The van der Waals surface area contributed by atoms with E-state index in [0.717, 1.165) is 43.1 Å². The van der Waals surface area contributed by atoms with Crippen molar-refractivity contribution < 1.29 is 0 Å². The molecule has 0 spiro atoms. The van der Waals surface area contributed by atoms with Gasteiger partial charge in [0.25, 0.3) is 0 Å². The molecule has 1 N–H and O–H groups in total. The van der Waals surface area contributed by atoms with Gasteiger partial charge in [-0.15, -0.1) is 11.8 Å². The van der Waals surface area contributed by atoms with E-state index < -0.39 is 0 Å². The first-order valence-electron chi connectivity index (χ1n) is 10.5. The molecule has 0 saturated heterocycles. The standard InChI is InChI=1S/C24H25BClN5S/c1-30(16-17-8-3-6-11-22(17)32-2)13-7-12-27-23-14-21(18-9-4-5-10-20(18)26)29-24-19(25)15-28-31(23)24/h3-6,8-11,14-15,27H,7,12-13,16H2,1-2H3. The van der Waals surface area contributed by atoms with E-state index in [1.807, 2.05) is 30.3 Å². The fourth-order valence-corrected chi connectivity index (χ4v) is 4.52. The van der Waals surface area contributed by atoms with E-state index in [-0.39, 0.29) is 0 Å². The topological polar surface area (TPSA) is 45.5 Å². The minimum Gasteiger partial charge on any atom is -0.370 e. The van der Waals surface area contributed by atoms with Crippen molar-refractivity contribution in [1.29, 1.82) is 0 Å². The van der Waals surface area contributed by atoms with Crippen molar-refractivity contribution in [3.8, 4) is 11.3 Å². The summed E-state index contributed by atoms with van der Waals surface area (Å²) in [6.45, 7) is 2.71. The molecule has 32 heavy (non-hydrogen) atoms. The van der Waals surface area contributed by atoms with Crippen molar-refractivity contribution in [2.24, 2.45) is 0 Å². The number of rotatable bonds is 9. The Kier molecular flexibility index (Phi) is 7.40. The molecule has 0 unspecified atom stereocenters. The van der Waals surface area contributed by atoms with Crippen molar-refractivity contribution >= 4 is 48.1 Å². The Morgan fingerprint density at radius 3 is 2.75 bits per heavy atom. The Balaban J connectivity index is 1.43. The van der Waals surface area contributed by atoms with Gasteiger partial charge in [0.2, 0.25) is 0 Å². The number of anilines is 1. The van der Waals surface area contributed by atoms with Crippen molar-refractivity contribution in [3.05, 3.63) is 71.4 Å². The van der Waals surface area contributed by atoms with Crippen LogP contribution in [0.4, 0.5) is 5.82 Å². The van der Waals surface area contributed by atoms with Crippen LogP contribution < -0.4 is 10.8 Å².